The first-order valence-electron chi connectivity index (χ1n) is 29.3. The average Bonchev–Trinajstić information content (AvgIpc) is 4.23. The molecular formula is C83H52N2. The molecule has 0 amide bonds. The molecule has 0 aliphatic rings. The maximum Gasteiger partial charge on any atom is 0.145 e. The Balaban J connectivity index is 0.864. The maximum atomic E-state index is 5.39. The Morgan fingerprint density at radius 2 is 0.576 bits per heavy atom. The van der Waals surface area contributed by atoms with Crippen LogP contribution in [0.3, 0.4) is 0 Å². The van der Waals surface area contributed by atoms with E-state index in [1.165, 1.54) is 137 Å². The third-order valence-corrected chi connectivity index (χ3v) is 17.7. The summed E-state index contributed by atoms with van der Waals surface area (Å²) in [6, 6.07) is 116. The van der Waals surface area contributed by atoms with E-state index in [0.717, 1.165) is 33.7 Å². The van der Waals surface area contributed by atoms with Crippen LogP contribution in [-0.2, 0) is 0 Å². The molecule has 0 aliphatic carbocycles. The van der Waals surface area contributed by atoms with E-state index in [1.807, 2.05) is 0 Å². The minimum absolute atomic E-state index is 0.910. The van der Waals surface area contributed by atoms with E-state index < -0.39 is 0 Å². The van der Waals surface area contributed by atoms with Crippen molar-refractivity contribution in [3.05, 3.63) is 315 Å². The summed E-state index contributed by atoms with van der Waals surface area (Å²) in [6.07, 6.45) is 0. The normalized spacial score (nSPS) is 11.8. The molecule has 85 heavy (non-hydrogen) atoms. The van der Waals surface area contributed by atoms with Gasteiger partial charge >= 0.3 is 0 Å². The number of imidazole rings is 1. The summed E-state index contributed by atoms with van der Waals surface area (Å²) in [4.78, 5) is 5.39. The number of benzene rings is 16. The van der Waals surface area contributed by atoms with Crippen LogP contribution in [0.25, 0.3) is 170 Å². The standard InChI is InChI=1S/C83H52N2/c1-3-20-60-49-62(45-39-53(60)17-1)55-35-41-58(42-36-55)79-68-26-7-8-27-69(68)80(59-43-37-56(38-44-59)63-46-40-54-18-2-4-21-61(54)50-63)75-52-65(47-48-74(75)79)82-72-30-11-9-28-70(72)81(71-29-10-12-31-73(71)82)64-23-15-24-66(51-64)83-84-76-32-13-14-33-78(76)85(83)77-34-16-22-57-19-5-6-25-67(57)77/h1-52H. The van der Waals surface area contributed by atoms with Crippen molar-refractivity contribution in [1.29, 1.82) is 0 Å². The summed E-state index contributed by atoms with van der Waals surface area (Å²) in [5.74, 6) is 0.910. The summed E-state index contributed by atoms with van der Waals surface area (Å²) >= 11 is 0. The quantitative estimate of drug-likeness (QED) is 0.139. The predicted octanol–water partition coefficient (Wildman–Crippen LogP) is 22.8. The number of aromatic nitrogens is 2. The molecule has 0 bridgehead atoms. The van der Waals surface area contributed by atoms with Gasteiger partial charge in [0.1, 0.15) is 5.82 Å². The first kappa shape index (κ1) is 48.5. The molecule has 1 heterocycles. The SMILES string of the molecule is c1cc(-c2c3ccccc3c(-c3ccc4c(-c5ccc(-c6ccc7ccccc7c6)cc5)c5ccccc5c(-c5ccc(-c6ccc7ccccc7c6)cc5)c4c3)c3ccccc23)cc(-c2nc3ccccc3n2-c2cccc3ccccc23)c1. The zero-order valence-electron chi connectivity index (χ0n) is 46.4. The number of hydrogen-bond donors (Lipinski definition) is 0. The Kier molecular flexibility index (Phi) is 11.3. The lowest BCUT2D eigenvalue weighted by Crippen LogP contribution is -1.99. The Labute approximate surface area is 492 Å². The van der Waals surface area contributed by atoms with Gasteiger partial charge in [0.25, 0.3) is 0 Å². The van der Waals surface area contributed by atoms with Crippen LogP contribution in [0.1, 0.15) is 0 Å². The number of hydrogen-bond acceptors (Lipinski definition) is 1. The molecule has 0 N–H and O–H groups in total. The molecule has 17 aromatic rings. The summed E-state index contributed by atoms with van der Waals surface area (Å²) in [6.45, 7) is 0. The van der Waals surface area contributed by atoms with Gasteiger partial charge in [-0.2, -0.15) is 0 Å². The molecule has 0 saturated carbocycles. The molecule has 0 saturated heterocycles. The van der Waals surface area contributed by atoms with E-state index in [0.29, 0.717) is 0 Å². The second-order valence-electron chi connectivity index (χ2n) is 22.5. The number of rotatable bonds is 8. The largest absolute Gasteiger partial charge is 0.292 e. The maximum absolute atomic E-state index is 5.39. The number of para-hydroxylation sites is 2. The van der Waals surface area contributed by atoms with Gasteiger partial charge in [0.05, 0.1) is 16.7 Å². The fourth-order valence-electron chi connectivity index (χ4n) is 13.8. The fraction of sp³-hybridized carbons (Fsp3) is 0. The van der Waals surface area contributed by atoms with Crippen molar-refractivity contribution in [3.63, 3.8) is 0 Å². The Bertz CT molecular complexity index is 5470. The van der Waals surface area contributed by atoms with Gasteiger partial charge < -0.3 is 0 Å². The molecule has 0 aliphatic heterocycles. The van der Waals surface area contributed by atoms with E-state index in [1.54, 1.807) is 0 Å². The van der Waals surface area contributed by atoms with Gasteiger partial charge in [-0.1, -0.05) is 273 Å². The third-order valence-electron chi connectivity index (χ3n) is 17.7. The summed E-state index contributed by atoms with van der Waals surface area (Å²) in [7, 11) is 0. The molecule has 2 heteroatoms. The molecule has 0 atom stereocenters. The highest BCUT2D eigenvalue weighted by Crippen LogP contribution is 2.49. The number of fused-ring (bicyclic) bond motifs is 8. The fourth-order valence-corrected chi connectivity index (χ4v) is 13.8. The topological polar surface area (TPSA) is 17.8 Å². The van der Waals surface area contributed by atoms with Crippen LogP contribution in [0, 0.1) is 0 Å². The molecule has 16 aromatic carbocycles. The highest BCUT2D eigenvalue weighted by molar-refractivity contribution is 6.25. The van der Waals surface area contributed by atoms with Crippen LogP contribution in [-0.4, -0.2) is 9.55 Å². The van der Waals surface area contributed by atoms with Gasteiger partial charge in [0.2, 0.25) is 0 Å². The van der Waals surface area contributed by atoms with Crippen molar-refractivity contribution < 1.29 is 0 Å². The molecule has 2 nitrogen and oxygen atoms in total. The molecule has 0 spiro atoms. The van der Waals surface area contributed by atoms with E-state index in [4.69, 9.17) is 4.98 Å². The highest BCUT2D eigenvalue weighted by Gasteiger charge is 2.23. The Morgan fingerprint density at radius 1 is 0.200 bits per heavy atom. The molecule has 1 aromatic heterocycles. The zero-order valence-corrected chi connectivity index (χ0v) is 46.4. The molecule has 394 valence electrons. The van der Waals surface area contributed by atoms with Crippen LogP contribution in [0.4, 0.5) is 0 Å². The Morgan fingerprint density at radius 3 is 1.14 bits per heavy atom. The lowest BCUT2D eigenvalue weighted by molar-refractivity contribution is 1.11. The second-order valence-corrected chi connectivity index (χ2v) is 22.5. The van der Waals surface area contributed by atoms with Crippen molar-refractivity contribution in [1.82, 2.24) is 9.55 Å². The van der Waals surface area contributed by atoms with E-state index in [2.05, 4.69) is 320 Å². The molecule has 0 fully saturated rings. The molecule has 0 radical (unpaired) electrons. The first-order valence-corrected chi connectivity index (χ1v) is 29.3. The predicted molar refractivity (Wildman–Crippen MR) is 362 cm³/mol. The summed E-state index contributed by atoms with van der Waals surface area (Å²) in [5, 5.41) is 17.0. The van der Waals surface area contributed by atoms with Crippen molar-refractivity contribution in [2.45, 2.75) is 0 Å². The average molecular weight is 1080 g/mol. The van der Waals surface area contributed by atoms with Gasteiger partial charge in [-0.05, 0) is 179 Å². The van der Waals surface area contributed by atoms with Crippen LogP contribution < -0.4 is 0 Å². The van der Waals surface area contributed by atoms with Gasteiger partial charge in [0, 0.05) is 10.9 Å². The van der Waals surface area contributed by atoms with Crippen molar-refractivity contribution >= 4 is 86.4 Å². The van der Waals surface area contributed by atoms with Gasteiger partial charge in [0.15, 0.2) is 0 Å². The van der Waals surface area contributed by atoms with Gasteiger partial charge in [-0.25, -0.2) is 4.98 Å². The van der Waals surface area contributed by atoms with Gasteiger partial charge in [-0.3, -0.25) is 4.57 Å². The van der Waals surface area contributed by atoms with Gasteiger partial charge in [-0.15, -0.1) is 0 Å². The van der Waals surface area contributed by atoms with Crippen molar-refractivity contribution in [2.24, 2.45) is 0 Å². The highest BCUT2D eigenvalue weighted by atomic mass is 15.1. The lowest BCUT2D eigenvalue weighted by atomic mass is 9.82. The monoisotopic (exact) mass is 1080 g/mol. The molecule has 0 unspecified atom stereocenters. The number of nitrogens with zero attached hydrogens (tertiary/aromatic N) is 2. The van der Waals surface area contributed by atoms with Crippen LogP contribution in [0.15, 0.2) is 315 Å². The van der Waals surface area contributed by atoms with Crippen LogP contribution in [0.5, 0.6) is 0 Å². The van der Waals surface area contributed by atoms with E-state index in [-0.39, 0.29) is 0 Å². The Hall–Kier alpha value is -11.2. The summed E-state index contributed by atoms with van der Waals surface area (Å²) in [5.41, 5.74) is 18.6. The molecule has 17 rings (SSSR count). The van der Waals surface area contributed by atoms with Crippen LogP contribution >= 0.6 is 0 Å². The summed E-state index contributed by atoms with van der Waals surface area (Å²) < 4.78 is 2.35. The first-order chi connectivity index (χ1) is 42.1. The minimum atomic E-state index is 0.910. The van der Waals surface area contributed by atoms with Crippen molar-refractivity contribution in [2.75, 3.05) is 0 Å². The second kappa shape index (κ2) is 19.8. The zero-order chi connectivity index (χ0) is 56.0. The minimum Gasteiger partial charge on any atom is -0.292 e. The lowest BCUT2D eigenvalue weighted by Gasteiger charge is -2.21. The molecular weight excluding hydrogens is 1020 g/mol. The van der Waals surface area contributed by atoms with Crippen LogP contribution in [0.2, 0.25) is 0 Å². The third kappa shape index (κ3) is 8.06. The van der Waals surface area contributed by atoms with Crippen molar-refractivity contribution in [3.8, 4) is 83.8 Å². The van der Waals surface area contributed by atoms with E-state index in [9.17, 15) is 0 Å². The smallest absolute Gasteiger partial charge is 0.145 e. The van der Waals surface area contributed by atoms with E-state index >= 15 is 0 Å².